The number of rotatable bonds is 8. The second-order valence-corrected chi connectivity index (χ2v) is 8.88. The van der Waals surface area contributed by atoms with Crippen molar-refractivity contribution in [1.82, 2.24) is 15.3 Å². The van der Waals surface area contributed by atoms with Crippen molar-refractivity contribution < 1.29 is 5.11 Å². The number of nitrogens with one attached hydrogen (secondary N) is 1. The molecule has 1 atom stereocenters. The second-order valence-electron chi connectivity index (χ2n) is 7.55. The first kappa shape index (κ1) is 20.9. The quantitative estimate of drug-likeness (QED) is 0.504. The highest BCUT2D eigenvalue weighted by molar-refractivity contribution is 7.09. The average molecular weight is 416 g/mol. The number of hydrogen-bond acceptors (Lipinski definition) is 5. The molecule has 2 heterocycles. The van der Waals surface area contributed by atoms with Crippen LogP contribution in [-0.2, 0) is 12.8 Å². The molecular weight excluding hydrogens is 390 g/mol. The van der Waals surface area contributed by atoms with E-state index in [9.17, 15) is 5.11 Å². The number of thiazole rings is 1. The molecule has 0 aliphatic carbocycles. The van der Waals surface area contributed by atoms with Crippen molar-refractivity contribution in [2.24, 2.45) is 0 Å². The van der Waals surface area contributed by atoms with Gasteiger partial charge in [-0.3, -0.25) is 0 Å². The number of aryl methyl sites for hydroxylation is 1. The predicted molar refractivity (Wildman–Crippen MR) is 117 cm³/mol. The van der Waals surface area contributed by atoms with Crippen LogP contribution < -0.4 is 5.32 Å². The predicted octanol–water partition coefficient (Wildman–Crippen LogP) is 5.07. The number of pyridine rings is 1. The molecule has 0 radical (unpaired) electrons. The van der Waals surface area contributed by atoms with Gasteiger partial charge in [-0.2, -0.15) is 0 Å². The Bertz CT molecular complexity index is 891. The first-order valence-corrected chi connectivity index (χ1v) is 10.7. The Kier molecular flexibility index (Phi) is 6.83. The van der Waals surface area contributed by atoms with E-state index in [1.807, 2.05) is 0 Å². The summed E-state index contributed by atoms with van der Waals surface area (Å²) >= 11 is 7.51. The van der Waals surface area contributed by atoms with E-state index in [1.165, 1.54) is 10.6 Å². The lowest BCUT2D eigenvalue weighted by Crippen LogP contribution is -2.43. The van der Waals surface area contributed by atoms with Crippen LogP contribution in [0.4, 0.5) is 0 Å². The fourth-order valence-corrected chi connectivity index (χ4v) is 3.91. The Balaban J connectivity index is 1.57. The van der Waals surface area contributed by atoms with E-state index in [-0.39, 0.29) is 5.54 Å². The summed E-state index contributed by atoms with van der Waals surface area (Å²) in [5.41, 5.74) is 4.04. The Morgan fingerprint density at radius 2 is 1.93 bits per heavy atom. The highest BCUT2D eigenvalue weighted by Gasteiger charge is 2.20. The lowest BCUT2D eigenvalue weighted by molar-refractivity contribution is 0.160. The van der Waals surface area contributed by atoms with Crippen LogP contribution in [0.5, 0.6) is 0 Å². The molecule has 0 fully saturated rings. The second kappa shape index (κ2) is 9.14. The van der Waals surface area contributed by atoms with Gasteiger partial charge >= 0.3 is 0 Å². The van der Waals surface area contributed by atoms with Gasteiger partial charge in [0, 0.05) is 34.8 Å². The molecule has 148 valence electrons. The first-order chi connectivity index (χ1) is 13.4. The number of halogens is 1. The van der Waals surface area contributed by atoms with Crippen molar-refractivity contribution in [2.75, 3.05) is 6.54 Å². The van der Waals surface area contributed by atoms with E-state index in [0.717, 1.165) is 29.7 Å². The minimum Gasteiger partial charge on any atom is -0.387 e. The number of aliphatic hydroxyl groups excluding tert-OH is 1. The van der Waals surface area contributed by atoms with Crippen molar-refractivity contribution in [2.45, 2.75) is 45.3 Å². The summed E-state index contributed by atoms with van der Waals surface area (Å²) in [4.78, 5) is 8.68. The molecule has 0 aliphatic rings. The molecule has 0 saturated heterocycles. The SMILES string of the molecule is CCc1nc(-c2ccc(CC(C)(C)NC[C@H](O)c3ccc(Cl)nc3)cc2)cs1. The minimum atomic E-state index is -0.621. The van der Waals surface area contributed by atoms with Crippen LogP contribution in [-0.4, -0.2) is 27.2 Å². The molecule has 0 aliphatic heterocycles. The molecule has 2 aromatic heterocycles. The molecule has 3 rings (SSSR count). The Morgan fingerprint density at radius 3 is 2.54 bits per heavy atom. The fourth-order valence-electron chi connectivity index (χ4n) is 3.05. The van der Waals surface area contributed by atoms with E-state index >= 15 is 0 Å². The summed E-state index contributed by atoms with van der Waals surface area (Å²) in [6, 6.07) is 12.1. The summed E-state index contributed by atoms with van der Waals surface area (Å²) in [6.07, 6.45) is 2.82. The summed E-state index contributed by atoms with van der Waals surface area (Å²) < 4.78 is 0. The van der Waals surface area contributed by atoms with Gasteiger partial charge in [0.05, 0.1) is 16.8 Å². The first-order valence-electron chi connectivity index (χ1n) is 9.44. The molecule has 0 amide bonds. The molecule has 0 bridgehead atoms. The van der Waals surface area contributed by atoms with Crippen molar-refractivity contribution >= 4 is 22.9 Å². The minimum absolute atomic E-state index is 0.154. The van der Waals surface area contributed by atoms with Crippen LogP contribution in [0, 0.1) is 0 Å². The molecule has 28 heavy (non-hydrogen) atoms. The van der Waals surface area contributed by atoms with Gasteiger partial charge in [0.15, 0.2) is 0 Å². The molecule has 0 unspecified atom stereocenters. The van der Waals surface area contributed by atoms with Gasteiger partial charge in [0.25, 0.3) is 0 Å². The van der Waals surface area contributed by atoms with Crippen molar-refractivity contribution in [1.29, 1.82) is 0 Å². The van der Waals surface area contributed by atoms with Gasteiger partial charge < -0.3 is 10.4 Å². The Morgan fingerprint density at radius 1 is 1.18 bits per heavy atom. The maximum Gasteiger partial charge on any atom is 0.129 e. The lowest BCUT2D eigenvalue weighted by Gasteiger charge is -2.28. The van der Waals surface area contributed by atoms with Gasteiger partial charge in [-0.25, -0.2) is 9.97 Å². The van der Waals surface area contributed by atoms with Crippen LogP contribution in [0.3, 0.4) is 0 Å². The zero-order chi connectivity index (χ0) is 20.1. The summed E-state index contributed by atoms with van der Waals surface area (Å²) in [6.45, 7) is 6.86. The smallest absolute Gasteiger partial charge is 0.129 e. The van der Waals surface area contributed by atoms with Crippen LogP contribution >= 0.6 is 22.9 Å². The zero-order valence-electron chi connectivity index (χ0n) is 16.4. The van der Waals surface area contributed by atoms with Gasteiger partial charge in [0.2, 0.25) is 0 Å². The third-order valence-electron chi connectivity index (χ3n) is 4.66. The Hall–Kier alpha value is -1.79. The normalized spacial score (nSPS) is 12.9. The number of benzene rings is 1. The van der Waals surface area contributed by atoms with Gasteiger partial charge in [-0.15, -0.1) is 11.3 Å². The zero-order valence-corrected chi connectivity index (χ0v) is 18.0. The van der Waals surface area contributed by atoms with E-state index in [0.29, 0.717) is 11.7 Å². The maximum absolute atomic E-state index is 10.4. The number of hydrogen-bond donors (Lipinski definition) is 2. The van der Waals surface area contributed by atoms with Gasteiger partial charge in [-0.1, -0.05) is 48.9 Å². The van der Waals surface area contributed by atoms with E-state index in [4.69, 9.17) is 11.6 Å². The van der Waals surface area contributed by atoms with Crippen molar-refractivity contribution in [3.05, 3.63) is 69.3 Å². The van der Waals surface area contributed by atoms with E-state index in [2.05, 4.69) is 65.7 Å². The third-order valence-corrected chi connectivity index (χ3v) is 5.88. The molecule has 6 heteroatoms. The lowest BCUT2D eigenvalue weighted by atomic mass is 9.93. The van der Waals surface area contributed by atoms with Crippen molar-refractivity contribution in [3.63, 3.8) is 0 Å². The summed E-state index contributed by atoms with van der Waals surface area (Å²) in [7, 11) is 0. The largest absolute Gasteiger partial charge is 0.387 e. The molecule has 0 saturated carbocycles. The molecular formula is C22H26ClN3OS. The number of aromatic nitrogens is 2. The monoisotopic (exact) mass is 415 g/mol. The van der Waals surface area contributed by atoms with Crippen LogP contribution in [0.25, 0.3) is 11.3 Å². The summed E-state index contributed by atoms with van der Waals surface area (Å²) in [5.74, 6) is 0. The van der Waals surface area contributed by atoms with Crippen LogP contribution in [0.2, 0.25) is 5.15 Å². The Labute approximate surface area is 175 Å². The molecule has 0 spiro atoms. The molecule has 1 aromatic carbocycles. The summed E-state index contributed by atoms with van der Waals surface area (Å²) in [5, 5.41) is 17.5. The topological polar surface area (TPSA) is 58.0 Å². The van der Waals surface area contributed by atoms with Gasteiger partial charge in [0.1, 0.15) is 5.15 Å². The number of aliphatic hydroxyl groups is 1. The van der Waals surface area contributed by atoms with Crippen molar-refractivity contribution in [3.8, 4) is 11.3 Å². The fraction of sp³-hybridized carbons (Fsp3) is 0.364. The maximum atomic E-state index is 10.4. The average Bonchev–Trinajstić information content (AvgIpc) is 3.16. The number of β-amino-alcohol motifs (C(OH)–C–C–N with tert-alkyl or cyclic N) is 1. The molecule has 4 nitrogen and oxygen atoms in total. The third kappa shape index (κ3) is 5.61. The molecule has 3 aromatic rings. The van der Waals surface area contributed by atoms with Crippen LogP contribution in [0.1, 0.15) is 43.0 Å². The molecule has 2 N–H and O–H groups in total. The van der Waals surface area contributed by atoms with Gasteiger partial charge in [-0.05, 0) is 38.3 Å². The highest BCUT2D eigenvalue weighted by atomic mass is 35.5. The highest BCUT2D eigenvalue weighted by Crippen LogP contribution is 2.24. The van der Waals surface area contributed by atoms with E-state index < -0.39 is 6.10 Å². The number of nitrogens with zero attached hydrogens (tertiary/aromatic N) is 2. The standard InChI is InChI=1S/C22H26ClN3OS/c1-4-21-26-18(14-28-21)16-7-5-15(6-8-16)11-22(2,3)25-13-19(27)17-9-10-20(23)24-12-17/h5-10,12,14,19,25,27H,4,11,13H2,1-3H3/t19-/m0/s1. The van der Waals surface area contributed by atoms with E-state index in [1.54, 1.807) is 29.7 Å². The van der Waals surface area contributed by atoms with Crippen LogP contribution in [0.15, 0.2) is 48.0 Å².